The predicted molar refractivity (Wildman–Crippen MR) is 61.6 cm³/mol. The maximum Gasteiger partial charge on any atom is 0.273 e. The number of likely N-dealkylation sites (N-methyl/N-ethyl adjacent to an activating group) is 1. The van der Waals surface area contributed by atoms with Crippen molar-refractivity contribution >= 4 is 5.69 Å². The zero-order valence-corrected chi connectivity index (χ0v) is 9.75. The number of fused-ring (bicyclic) bond motifs is 1. The molecular formula is C11H14N2O4. The Morgan fingerprint density at radius 2 is 2.24 bits per heavy atom. The van der Waals surface area contributed by atoms with Crippen LogP contribution in [0, 0.1) is 10.1 Å². The number of nitrogens with zero attached hydrogens (tertiary/aromatic N) is 2. The van der Waals surface area contributed by atoms with E-state index in [-0.39, 0.29) is 11.8 Å². The van der Waals surface area contributed by atoms with Crippen LogP contribution in [-0.4, -0.2) is 43.2 Å². The standard InChI is InChI=1S/C11H14N2O4/c1-12(2)6-9-7-16-11-5-8(13(14)15)3-4-10(11)17-9/h3-5,9H,6-7H2,1-2H3. The molecule has 1 aromatic carbocycles. The molecule has 17 heavy (non-hydrogen) atoms. The molecule has 1 aromatic rings. The molecule has 92 valence electrons. The van der Waals surface area contributed by atoms with Crippen LogP contribution in [0.15, 0.2) is 18.2 Å². The van der Waals surface area contributed by atoms with Gasteiger partial charge in [0.25, 0.3) is 5.69 Å². The molecule has 6 heteroatoms. The Kier molecular flexibility index (Phi) is 3.14. The number of nitro groups is 1. The van der Waals surface area contributed by atoms with Crippen LogP contribution >= 0.6 is 0 Å². The van der Waals surface area contributed by atoms with Gasteiger partial charge >= 0.3 is 0 Å². The topological polar surface area (TPSA) is 64.8 Å². The average Bonchev–Trinajstić information content (AvgIpc) is 2.27. The summed E-state index contributed by atoms with van der Waals surface area (Å²) >= 11 is 0. The fraction of sp³-hybridized carbons (Fsp3) is 0.455. The van der Waals surface area contributed by atoms with E-state index in [4.69, 9.17) is 9.47 Å². The van der Waals surface area contributed by atoms with Crippen molar-refractivity contribution < 1.29 is 14.4 Å². The van der Waals surface area contributed by atoms with Crippen molar-refractivity contribution in [3.63, 3.8) is 0 Å². The molecule has 0 aliphatic carbocycles. The van der Waals surface area contributed by atoms with Crippen molar-refractivity contribution in [2.75, 3.05) is 27.2 Å². The number of ether oxygens (including phenoxy) is 2. The zero-order valence-electron chi connectivity index (χ0n) is 9.75. The molecule has 1 heterocycles. The highest BCUT2D eigenvalue weighted by Gasteiger charge is 2.23. The van der Waals surface area contributed by atoms with Gasteiger partial charge in [0.2, 0.25) is 0 Å². The van der Waals surface area contributed by atoms with Crippen LogP contribution in [0.25, 0.3) is 0 Å². The third-order valence-corrected chi connectivity index (χ3v) is 2.43. The van der Waals surface area contributed by atoms with Gasteiger partial charge in [-0.2, -0.15) is 0 Å². The van der Waals surface area contributed by atoms with Gasteiger partial charge in [-0.1, -0.05) is 0 Å². The maximum absolute atomic E-state index is 10.6. The molecule has 1 atom stereocenters. The third kappa shape index (κ3) is 2.65. The molecule has 0 saturated heterocycles. The van der Waals surface area contributed by atoms with Crippen molar-refractivity contribution in [3.8, 4) is 11.5 Å². The zero-order chi connectivity index (χ0) is 12.4. The molecule has 0 fully saturated rings. The van der Waals surface area contributed by atoms with Gasteiger partial charge in [0.15, 0.2) is 11.5 Å². The summed E-state index contributed by atoms with van der Waals surface area (Å²) in [5.74, 6) is 1.00. The first-order valence-corrected chi connectivity index (χ1v) is 5.29. The molecule has 0 spiro atoms. The van der Waals surface area contributed by atoms with E-state index in [2.05, 4.69) is 0 Å². The average molecular weight is 238 g/mol. The van der Waals surface area contributed by atoms with E-state index in [1.165, 1.54) is 12.1 Å². The second-order valence-electron chi connectivity index (χ2n) is 4.20. The summed E-state index contributed by atoms with van der Waals surface area (Å²) in [7, 11) is 3.91. The van der Waals surface area contributed by atoms with Gasteiger partial charge in [-0.3, -0.25) is 10.1 Å². The SMILES string of the molecule is CN(C)CC1COc2cc([N+](=O)[O-])ccc2O1. The van der Waals surface area contributed by atoms with E-state index in [0.29, 0.717) is 18.1 Å². The first kappa shape index (κ1) is 11.7. The lowest BCUT2D eigenvalue weighted by Crippen LogP contribution is -2.37. The molecule has 1 aliphatic heterocycles. The van der Waals surface area contributed by atoms with Gasteiger partial charge < -0.3 is 14.4 Å². The highest BCUT2D eigenvalue weighted by molar-refractivity contribution is 5.49. The summed E-state index contributed by atoms with van der Waals surface area (Å²) in [6, 6.07) is 4.39. The molecule has 1 unspecified atom stereocenters. The van der Waals surface area contributed by atoms with E-state index in [0.717, 1.165) is 6.54 Å². The van der Waals surface area contributed by atoms with Gasteiger partial charge in [-0.25, -0.2) is 0 Å². The van der Waals surface area contributed by atoms with E-state index in [1.54, 1.807) is 6.07 Å². The summed E-state index contributed by atoms with van der Waals surface area (Å²) in [6.07, 6.45) is -0.0426. The molecule has 2 rings (SSSR count). The van der Waals surface area contributed by atoms with Crippen LogP contribution in [0.4, 0.5) is 5.69 Å². The minimum atomic E-state index is -0.449. The van der Waals surface area contributed by atoms with Crippen molar-refractivity contribution in [2.24, 2.45) is 0 Å². The molecule has 0 aromatic heterocycles. The minimum Gasteiger partial charge on any atom is -0.486 e. The molecule has 1 aliphatic rings. The highest BCUT2D eigenvalue weighted by Crippen LogP contribution is 2.34. The Morgan fingerprint density at radius 1 is 1.47 bits per heavy atom. The van der Waals surface area contributed by atoms with Crippen LogP contribution in [-0.2, 0) is 0 Å². The fourth-order valence-corrected chi connectivity index (χ4v) is 1.71. The molecular weight excluding hydrogens is 224 g/mol. The first-order chi connectivity index (χ1) is 8.06. The fourth-order valence-electron chi connectivity index (χ4n) is 1.71. The Hall–Kier alpha value is -1.82. The van der Waals surface area contributed by atoms with Gasteiger partial charge in [0.05, 0.1) is 11.0 Å². The largest absolute Gasteiger partial charge is 0.486 e. The summed E-state index contributed by atoms with van der Waals surface area (Å²) in [6.45, 7) is 1.16. The Morgan fingerprint density at radius 3 is 2.88 bits per heavy atom. The Labute approximate surface area is 98.9 Å². The normalized spacial score (nSPS) is 18.2. The molecule has 6 nitrogen and oxygen atoms in total. The Balaban J connectivity index is 2.14. The number of nitro benzene ring substituents is 1. The number of rotatable bonds is 3. The van der Waals surface area contributed by atoms with Crippen molar-refractivity contribution in [1.82, 2.24) is 4.90 Å². The Bertz CT molecular complexity index is 433. The van der Waals surface area contributed by atoms with E-state index < -0.39 is 4.92 Å². The summed E-state index contributed by atoms with van der Waals surface area (Å²) in [5.41, 5.74) is 0.0124. The van der Waals surface area contributed by atoms with Crippen LogP contribution in [0.3, 0.4) is 0 Å². The molecule has 0 radical (unpaired) electrons. The number of non-ortho nitro benzene ring substituents is 1. The van der Waals surface area contributed by atoms with E-state index in [1.807, 2.05) is 19.0 Å². The lowest BCUT2D eigenvalue weighted by molar-refractivity contribution is -0.385. The van der Waals surface area contributed by atoms with Crippen LogP contribution in [0.5, 0.6) is 11.5 Å². The molecule has 0 N–H and O–H groups in total. The number of hydrogen-bond donors (Lipinski definition) is 0. The monoisotopic (exact) mass is 238 g/mol. The summed E-state index contributed by atoms with van der Waals surface area (Å²) in [4.78, 5) is 12.2. The second-order valence-corrected chi connectivity index (χ2v) is 4.20. The van der Waals surface area contributed by atoms with Gasteiger partial charge in [-0.05, 0) is 20.2 Å². The van der Waals surface area contributed by atoms with Crippen molar-refractivity contribution in [3.05, 3.63) is 28.3 Å². The third-order valence-electron chi connectivity index (χ3n) is 2.43. The van der Waals surface area contributed by atoms with Gasteiger partial charge in [-0.15, -0.1) is 0 Å². The van der Waals surface area contributed by atoms with Gasteiger partial charge in [0, 0.05) is 12.6 Å². The van der Waals surface area contributed by atoms with E-state index in [9.17, 15) is 10.1 Å². The number of benzene rings is 1. The maximum atomic E-state index is 10.6. The second kappa shape index (κ2) is 4.58. The minimum absolute atomic E-state index is 0.0124. The van der Waals surface area contributed by atoms with E-state index >= 15 is 0 Å². The summed E-state index contributed by atoms with van der Waals surface area (Å²) in [5, 5.41) is 10.6. The molecule has 0 bridgehead atoms. The van der Waals surface area contributed by atoms with Crippen molar-refractivity contribution in [2.45, 2.75) is 6.10 Å². The molecule has 0 amide bonds. The highest BCUT2D eigenvalue weighted by atomic mass is 16.6. The van der Waals surface area contributed by atoms with Crippen LogP contribution in [0.1, 0.15) is 0 Å². The first-order valence-electron chi connectivity index (χ1n) is 5.29. The summed E-state index contributed by atoms with van der Waals surface area (Å²) < 4.78 is 11.2. The van der Waals surface area contributed by atoms with Crippen LogP contribution in [0.2, 0.25) is 0 Å². The van der Waals surface area contributed by atoms with Gasteiger partial charge in [0.1, 0.15) is 12.7 Å². The number of hydrogen-bond acceptors (Lipinski definition) is 5. The smallest absolute Gasteiger partial charge is 0.273 e. The quantitative estimate of drug-likeness (QED) is 0.586. The molecule has 0 saturated carbocycles. The lowest BCUT2D eigenvalue weighted by atomic mass is 10.2. The predicted octanol–water partition coefficient (Wildman–Crippen LogP) is 1.30. The van der Waals surface area contributed by atoms with Crippen LogP contribution < -0.4 is 9.47 Å². The lowest BCUT2D eigenvalue weighted by Gasteiger charge is -2.28. The van der Waals surface area contributed by atoms with Crippen molar-refractivity contribution in [1.29, 1.82) is 0 Å².